The van der Waals surface area contributed by atoms with Crippen LogP contribution in [0.25, 0.3) is 0 Å². The van der Waals surface area contributed by atoms with Crippen molar-refractivity contribution in [3.63, 3.8) is 0 Å². The maximum atomic E-state index is 12.6. The Morgan fingerprint density at radius 1 is 1.17 bits per heavy atom. The van der Waals surface area contributed by atoms with Crippen LogP contribution in [-0.2, 0) is 6.42 Å². The van der Waals surface area contributed by atoms with E-state index in [9.17, 15) is 4.79 Å². The molecule has 1 aromatic carbocycles. The van der Waals surface area contributed by atoms with E-state index in [-0.39, 0.29) is 17.7 Å². The average molecular weight is 482 g/mol. The molecular formula is C23H20BrN3O2S. The maximum Gasteiger partial charge on any atom is 0.291 e. The molecule has 0 radical (unpaired) electrons. The molecule has 0 fully saturated rings. The van der Waals surface area contributed by atoms with E-state index in [1.165, 1.54) is 11.1 Å². The summed E-state index contributed by atoms with van der Waals surface area (Å²) < 4.78 is 6.26. The number of anilines is 2. The first kappa shape index (κ1) is 20.4. The number of carbonyl (C=O) groups excluding carboxylic acids is 1. The van der Waals surface area contributed by atoms with Gasteiger partial charge in [-0.3, -0.25) is 4.79 Å². The van der Waals surface area contributed by atoms with E-state index in [2.05, 4.69) is 56.7 Å². The van der Waals surface area contributed by atoms with Crippen molar-refractivity contribution in [2.45, 2.75) is 19.4 Å². The number of hydrogen-bond donors (Lipinski definition) is 2. The number of benzene rings is 1. The van der Waals surface area contributed by atoms with E-state index < -0.39 is 0 Å². The number of hydrogen-bond acceptors (Lipinski definition) is 5. The van der Waals surface area contributed by atoms with Gasteiger partial charge in [0.25, 0.3) is 5.91 Å². The van der Waals surface area contributed by atoms with Gasteiger partial charge in [-0.1, -0.05) is 41.1 Å². The smallest absolute Gasteiger partial charge is 0.291 e. The average Bonchev–Trinajstić information content (AvgIpc) is 3.44. The molecule has 7 heteroatoms. The lowest BCUT2D eigenvalue weighted by atomic mass is 9.99. The van der Waals surface area contributed by atoms with Crippen LogP contribution in [0.2, 0.25) is 0 Å². The van der Waals surface area contributed by atoms with Crippen molar-refractivity contribution >= 4 is 44.0 Å². The van der Waals surface area contributed by atoms with Crippen LogP contribution in [-0.4, -0.2) is 10.9 Å². The molecule has 4 aromatic rings. The maximum absolute atomic E-state index is 12.6. The molecule has 0 saturated heterocycles. The number of rotatable bonds is 7. The van der Waals surface area contributed by atoms with Gasteiger partial charge >= 0.3 is 0 Å². The molecule has 1 amide bonds. The zero-order valence-electron chi connectivity index (χ0n) is 16.3. The number of carbonyl (C=O) groups is 1. The summed E-state index contributed by atoms with van der Waals surface area (Å²) in [5, 5.41) is 7.35. The van der Waals surface area contributed by atoms with Crippen LogP contribution in [0.3, 0.4) is 0 Å². The molecule has 1 unspecified atom stereocenters. The lowest BCUT2D eigenvalue weighted by Gasteiger charge is -2.21. The second kappa shape index (κ2) is 9.28. The van der Waals surface area contributed by atoms with Gasteiger partial charge in [-0.15, -0.1) is 11.3 Å². The third kappa shape index (κ3) is 4.63. The number of amides is 1. The largest absolute Gasteiger partial charge is 0.459 e. The summed E-state index contributed by atoms with van der Waals surface area (Å²) in [6.45, 7) is 2.11. The Balaban J connectivity index is 1.74. The van der Waals surface area contributed by atoms with E-state index in [4.69, 9.17) is 4.42 Å². The number of halogens is 1. The lowest BCUT2D eigenvalue weighted by Crippen LogP contribution is -2.16. The van der Waals surface area contributed by atoms with E-state index in [0.717, 1.165) is 32.8 Å². The fraction of sp³-hybridized carbons (Fsp3) is 0.130. The molecule has 0 aliphatic carbocycles. The van der Waals surface area contributed by atoms with Crippen LogP contribution in [0, 0.1) is 0 Å². The van der Waals surface area contributed by atoms with Crippen LogP contribution >= 0.6 is 27.3 Å². The highest BCUT2D eigenvalue weighted by Crippen LogP contribution is 2.38. The van der Waals surface area contributed by atoms with E-state index in [0.29, 0.717) is 0 Å². The fourth-order valence-corrected chi connectivity index (χ4v) is 4.40. The second-order valence-electron chi connectivity index (χ2n) is 6.63. The van der Waals surface area contributed by atoms with Crippen molar-refractivity contribution in [2.75, 3.05) is 10.6 Å². The fourth-order valence-electron chi connectivity index (χ4n) is 3.11. The van der Waals surface area contributed by atoms with Gasteiger partial charge in [-0.2, -0.15) is 0 Å². The van der Waals surface area contributed by atoms with Crippen molar-refractivity contribution in [1.82, 2.24) is 4.98 Å². The van der Waals surface area contributed by atoms with Gasteiger partial charge in [0.2, 0.25) is 0 Å². The first-order valence-corrected chi connectivity index (χ1v) is 11.2. The number of furan rings is 1. The zero-order chi connectivity index (χ0) is 20.9. The molecule has 1 atom stereocenters. The summed E-state index contributed by atoms with van der Waals surface area (Å²) in [6.07, 6.45) is 4.13. The highest BCUT2D eigenvalue weighted by molar-refractivity contribution is 9.10. The Hall–Kier alpha value is -2.90. The van der Waals surface area contributed by atoms with Gasteiger partial charge in [-0.25, -0.2) is 4.98 Å². The normalized spacial score (nSPS) is 11.8. The van der Waals surface area contributed by atoms with E-state index in [1.54, 1.807) is 29.7 Å². The first-order valence-electron chi connectivity index (χ1n) is 9.54. The molecular weight excluding hydrogens is 462 g/mol. The minimum atomic E-state index is -0.266. The van der Waals surface area contributed by atoms with Crippen LogP contribution in [0.5, 0.6) is 0 Å². The monoisotopic (exact) mass is 481 g/mol. The van der Waals surface area contributed by atoms with Crippen LogP contribution < -0.4 is 10.6 Å². The predicted octanol–water partition coefficient (Wildman–Crippen LogP) is 6.51. The van der Waals surface area contributed by atoms with Crippen LogP contribution in [0.1, 0.15) is 39.5 Å². The van der Waals surface area contributed by atoms with Crippen molar-refractivity contribution in [1.29, 1.82) is 0 Å². The van der Waals surface area contributed by atoms with Gasteiger partial charge in [0.05, 0.1) is 12.3 Å². The molecule has 0 saturated carbocycles. The zero-order valence-corrected chi connectivity index (χ0v) is 18.7. The minimum Gasteiger partial charge on any atom is -0.459 e. The molecule has 3 heterocycles. The van der Waals surface area contributed by atoms with Crippen molar-refractivity contribution in [2.24, 2.45) is 0 Å². The molecule has 5 nitrogen and oxygen atoms in total. The Morgan fingerprint density at radius 3 is 2.67 bits per heavy atom. The summed E-state index contributed by atoms with van der Waals surface area (Å²) in [4.78, 5) is 18.3. The topological polar surface area (TPSA) is 67.2 Å². The summed E-state index contributed by atoms with van der Waals surface area (Å²) in [6, 6.07) is 19.2. The first-order chi connectivity index (χ1) is 14.6. The number of nitrogens with one attached hydrogen (secondary N) is 2. The molecule has 0 aliphatic rings. The van der Waals surface area contributed by atoms with Gasteiger partial charge in [-0.05, 0) is 54.4 Å². The van der Waals surface area contributed by atoms with Crippen molar-refractivity contribution in [3.05, 3.63) is 99.4 Å². The molecule has 0 aliphatic heterocycles. The number of pyridine rings is 1. The Morgan fingerprint density at radius 2 is 2.00 bits per heavy atom. The summed E-state index contributed by atoms with van der Waals surface area (Å²) in [7, 11) is 0. The standard InChI is InChI=1S/C23H20BrN3O2S/c1-2-17-14-18(23(30-17)27-22(28)19-6-5-13-29-19)21(15-8-10-16(24)11-9-15)26-20-7-3-4-12-25-20/h3-14,21H,2H2,1H3,(H,25,26)(H,27,28). The van der Waals surface area contributed by atoms with Crippen molar-refractivity contribution in [3.8, 4) is 0 Å². The third-order valence-electron chi connectivity index (χ3n) is 4.60. The van der Waals surface area contributed by atoms with E-state index >= 15 is 0 Å². The number of aryl methyl sites for hydroxylation is 1. The van der Waals surface area contributed by atoms with Gasteiger partial charge in [0, 0.05) is 21.1 Å². The minimum absolute atomic E-state index is 0.184. The van der Waals surface area contributed by atoms with Crippen molar-refractivity contribution < 1.29 is 9.21 Å². The quantitative estimate of drug-likeness (QED) is 0.315. The van der Waals surface area contributed by atoms with Gasteiger partial charge in [0.1, 0.15) is 10.8 Å². The summed E-state index contributed by atoms with van der Waals surface area (Å²) in [5.41, 5.74) is 2.06. The highest BCUT2D eigenvalue weighted by atomic mass is 79.9. The van der Waals surface area contributed by atoms with Crippen LogP contribution in [0.4, 0.5) is 10.8 Å². The number of aromatic nitrogens is 1. The number of thiophene rings is 1. The molecule has 30 heavy (non-hydrogen) atoms. The predicted molar refractivity (Wildman–Crippen MR) is 124 cm³/mol. The SMILES string of the molecule is CCc1cc(C(Nc2ccccn2)c2ccc(Br)cc2)c(NC(=O)c2ccco2)s1. The molecule has 152 valence electrons. The number of nitrogens with zero attached hydrogens (tertiary/aromatic N) is 1. The molecule has 4 rings (SSSR count). The van der Waals surface area contributed by atoms with Gasteiger partial charge < -0.3 is 15.1 Å². The second-order valence-corrected chi connectivity index (χ2v) is 8.68. The molecule has 0 spiro atoms. The Labute approximate surface area is 187 Å². The Bertz CT molecular complexity index is 1110. The lowest BCUT2D eigenvalue weighted by molar-refractivity contribution is 0.0997. The summed E-state index contributed by atoms with van der Waals surface area (Å²) in [5.74, 6) is 0.779. The molecule has 0 bridgehead atoms. The van der Waals surface area contributed by atoms with Crippen LogP contribution in [0.15, 0.2) is 82.0 Å². The summed E-state index contributed by atoms with van der Waals surface area (Å²) >= 11 is 5.08. The van der Waals surface area contributed by atoms with E-state index in [1.807, 2.05) is 30.3 Å². The highest BCUT2D eigenvalue weighted by Gasteiger charge is 2.23. The van der Waals surface area contributed by atoms with Gasteiger partial charge in [0.15, 0.2) is 5.76 Å². The third-order valence-corrected chi connectivity index (χ3v) is 6.34. The molecule has 3 aromatic heterocycles. The Kier molecular flexibility index (Phi) is 6.30. The molecule has 2 N–H and O–H groups in total.